The monoisotopic (exact) mass is 517 g/mol. The fourth-order valence-electron chi connectivity index (χ4n) is 4.75. The third-order valence-electron chi connectivity index (χ3n) is 7.14. The first-order valence-electron chi connectivity index (χ1n) is 12.4. The van der Waals surface area contributed by atoms with E-state index < -0.39 is 18.7 Å². The molecule has 8 nitrogen and oxygen atoms in total. The highest BCUT2D eigenvalue weighted by molar-refractivity contribution is 5.84. The van der Waals surface area contributed by atoms with Gasteiger partial charge >= 0.3 is 6.36 Å². The van der Waals surface area contributed by atoms with Gasteiger partial charge in [0.2, 0.25) is 5.91 Å². The Morgan fingerprint density at radius 3 is 2.58 bits per heavy atom. The largest absolute Gasteiger partial charge is 0.573 e. The number of carbonyl (C=O) groups excluding carboxylic acids is 1. The van der Waals surface area contributed by atoms with Crippen molar-refractivity contribution in [1.29, 1.82) is 0 Å². The van der Waals surface area contributed by atoms with Crippen LogP contribution >= 0.6 is 0 Å². The van der Waals surface area contributed by atoms with Crippen LogP contribution in [-0.4, -0.2) is 92.6 Å². The number of amides is 1. The average Bonchev–Trinajstić information content (AvgIpc) is 3.60. The molecule has 1 aliphatic heterocycles. The topological polar surface area (TPSA) is 83.5 Å². The number of ether oxygens (including phenoxy) is 3. The molecule has 0 bridgehead atoms. The van der Waals surface area contributed by atoms with Gasteiger partial charge in [0.25, 0.3) is 0 Å². The van der Waals surface area contributed by atoms with Crippen molar-refractivity contribution in [2.75, 3.05) is 52.3 Å². The first-order chi connectivity index (χ1) is 17.0. The Hall–Kier alpha value is -2.08. The number of anilines is 1. The molecule has 1 aromatic carbocycles. The molecule has 0 aromatic heterocycles. The van der Waals surface area contributed by atoms with Crippen LogP contribution in [0, 0.1) is 5.41 Å². The number of alkyl halides is 3. The zero-order valence-electron chi connectivity index (χ0n) is 21.2. The molecule has 1 aliphatic carbocycles. The highest BCUT2D eigenvalue weighted by atomic mass is 19.4. The number of nitrogens with one attached hydrogen (secondary N) is 1. The Labute approximate surface area is 210 Å². The van der Waals surface area contributed by atoms with Crippen LogP contribution in [0.5, 0.6) is 5.75 Å². The first kappa shape index (κ1) is 28.5. The third-order valence-corrected chi connectivity index (χ3v) is 7.14. The normalized spacial score (nSPS) is 20.4. The number of carbonyl (C=O) groups is 1. The number of methoxy groups -OCH3 is 2. The maximum absolute atomic E-state index is 13.2. The van der Waals surface area contributed by atoms with E-state index in [1.165, 1.54) is 32.4 Å². The van der Waals surface area contributed by atoms with Crippen molar-refractivity contribution in [3.05, 3.63) is 24.3 Å². The Kier molecular flexibility index (Phi) is 9.85. The van der Waals surface area contributed by atoms with Crippen molar-refractivity contribution in [3.8, 4) is 5.75 Å². The quantitative estimate of drug-likeness (QED) is 0.306. The molecule has 1 heterocycles. The van der Waals surface area contributed by atoms with Crippen LogP contribution in [0.2, 0.25) is 0 Å². The first-order valence-corrected chi connectivity index (χ1v) is 12.4. The van der Waals surface area contributed by atoms with Crippen molar-refractivity contribution in [3.63, 3.8) is 0 Å². The molecule has 1 saturated heterocycles. The van der Waals surface area contributed by atoms with Crippen LogP contribution in [0.1, 0.15) is 39.0 Å². The molecule has 2 fully saturated rings. The van der Waals surface area contributed by atoms with Gasteiger partial charge in [-0.25, -0.2) is 0 Å². The number of aliphatic hydroxyl groups is 1. The van der Waals surface area contributed by atoms with Crippen LogP contribution in [-0.2, 0) is 14.3 Å². The maximum atomic E-state index is 13.2. The summed E-state index contributed by atoms with van der Waals surface area (Å²) in [7, 11) is 3.00. The maximum Gasteiger partial charge on any atom is 0.573 e. The van der Waals surface area contributed by atoms with E-state index in [1.54, 1.807) is 17.9 Å². The number of β-amino-alcohol motifs (C(OH)–C–C–N with tert-alkyl or cyclic N) is 1. The lowest BCUT2D eigenvalue weighted by atomic mass is 9.90. The molecule has 2 N–H and O–H groups in total. The molecule has 36 heavy (non-hydrogen) atoms. The van der Waals surface area contributed by atoms with E-state index in [4.69, 9.17) is 9.47 Å². The zero-order valence-corrected chi connectivity index (χ0v) is 21.2. The van der Waals surface area contributed by atoms with Crippen molar-refractivity contribution < 1.29 is 37.3 Å². The minimum Gasteiger partial charge on any atom is -0.406 e. The van der Waals surface area contributed by atoms with Gasteiger partial charge in [-0.1, -0.05) is 6.07 Å². The van der Waals surface area contributed by atoms with Gasteiger partial charge in [0.15, 0.2) is 6.29 Å². The van der Waals surface area contributed by atoms with E-state index in [9.17, 15) is 23.1 Å². The van der Waals surface area contributed by atoms with E-state index in [2.05, 4.69) is 15.0 Å². The number of hydrogen-bond acceptors (Lipinski definition) is 7. The predicted octanol–water partition coefficient (Wildman–Crippen LogP) is 3.46. The Balaban J connectivity index is 1.52. The van der Waals surface area contributed by atoms with Gasteiger partial charge in [-0.2, -0.15) is 0 Å². The molecular formula is C25H38F3N3O5. The lowest BCUT2D eigenvalue weighted by molar-refractivity contribution is -0.274. The fourth-order valence-corrected chi connectivity index (χ4v) is 4.75. The lowest BCUT2D eigenvalue weighted by Crippen LogP contribution is -2.46. The molecule has 204 valence electrons. The van der Waals surface area contributed by atoms with E-state index in [0.717, 1.165) is 45.2 Å². The standard InChI is InChI=1S/C25H38F3N3O5/c1-18(29-19-7-6-8-20(15-19)36-25(26,27)28)23(33)31(17-22(34-2)35-3)13-5-4-12-30-14-11-24(9-10-24)21(32)16-30/h6-8,15,18,21-22,29,32H,4-5,9-14,16-17H2,1-3H3/t18-,21+/m0/s1. The highest BCUT2D eigenvalue weighted by Gasteiger charge is 2.51. The van der Waals surface area contributed by atoms with Crippen LogP contribution in [0.15, 0.2) is 24.3 Å². The van der Waals surface area contributed by atoms with Gasteiger partial charge in [-0.15, -0.1) is 13.2 Å². The average molecular weight is 518 g/mol. The van der Waals surface area contributed by atoms with Crippen molar-refractivity contribution in [1.82, 2.24) is 9.80 Å². The summed E-state index contributed by atoms with van der Waals surface area (Å²) in [6.45, 7) is 4.91. The second-order valence-corrected chi connectivity index (χ2v) is 9.76. The molecule has 1 spiro atoms. The van der Waals surface area contributed by atoms with Gasteiger partial charge < -0.3 is 34.4 Å². The van der Waals surface area contributed by atoms with Gasteiger partial charge in [-0.05, 0) is 69.7 Å². The van der Waals surface area contributed by atoms with E-state index >= 15 is 0 Å². The molecule has 1 aromatic rings. The minimum absolute atomic E-state index is 0.177. The number of benzene rings is 1. The SMILES string of the molecule is COC(CN(CCCCN1CCC2(CC2)[C@H](O)C1)C(=O)[C@H](C)Nc1cccc(OC(F)(F)F)c1)OC. The number of likely N-dealkylation sites (tertiary alicyclic amines) is 1. The van der Waals surface area contributed by atoms with E-state index in [0.29, 0.717) is 18.8 Å². The molecule has 3 rings (SSSR count). The molecule has 0 radical (unpaired) electrons. The van der Waals surface area contributed by atoms with Gasteiger partial charge in [0, 0.05) is 39.1 Å². The van der Waals surface area contributed by atoms with Crippen molar-refractivity contribution in [2.45, 2.75) is 63.8 Å². The summed E-state index contributed by atoms with van der Waals surface area (Å²) < 4.78 is 52.1. The molecule has 11 heteroatoms. The summed E-state index contributed by atoms with van der Waals surface area (Å²) in [5.74, 6) is -0.585. The number of rotatable bonds is 13. The van der Waals surface area contributed by atoms with Crippen LogP contribution in [0.25, 0.3) is 0 Å². The summed E-state index contributed by atoms with van der Waals surface area (Å²) in [4.78, 5) is 17.2. The third kappa shape index (κ3) is 8.22. The van der Waals surface area contributed by atoms with E-state index in [1.807, 2.05) is 0 Å². The summed E-state index contributed by atoms with van der Waals surface area (Å²) in [6.07, 6.45) is -0.718. The Bertz CT molecular complexity index is 848. The van der Waals surface area contributed by atoms with Gasteiger partial charge in [0.1, 0.15) is 11.8 Å². The number of aliphatic hydroxyl groups excluding tert-OH is 1. The molecule has 2 atom stereocenters. The van der Waals surface area contributed by atoms with E-state index in [-0.39, 0.29) is 29.7 Å². The smallest absolute Gasteiger partial charge is 0.406 e. The molecule has 0 unspecified atom stereocenters. The Morgan fingerprint density at radius 1 is 1.25 bits per heavy atom. The molecule has 1 saturated carbocycles. The zero-order chi connectivity index (χ0) is 26.3. The second kappa shape index (κ2) is 12.4. The fraction of sp³-hybridized carbons (Fsp3) is 0.720. The number of unbranched alkanes of at least 4 members (excludes halogenated alkanes) is 1. The van der Waals surface area contributed by atoms with Crippen molar-refractivity contribution in [2.24, 2.45) is 5.41 Å². The number of piperidine rings is 1. The highest BCUT2D eigenvalue weighted by Crippen LogP contribution is 2.53. The summed E-state index contributed by atoms with van der Waals surface area (Å²) in [6, 6.07) is 4.70. The summed E-state index contributed by atoms with van der Waals surface area (Å²) >= 11 is 0. The van der Waals surface area contributed by atoms with Crippen LogP contribution < -0.4 is 10.1 Å². The second-order valence-electron chi connectivity index (χ2n) is 9.76. The molecule has 1 amide bonds. The number of halogens is 3. The number of nitrogens with zero attached hydrogens (tertiary/aromatic N) is 2. The Morgan fingerprint density at radius 2 is 1.97 bits per heavy atom. The van der Waals surface area contributed by atoms with Crippen LogP contribution in [0.3, 0.4) is 0 Å². The summed E-state index contributed by atoms with van der Waals surface area (Å²) in [5.41, 5.74) is 0.515. The van der Waals surface area contributed by atoms with Gasteiger partial charge in [-0.3, -0.25) is 4.79 Å². The minimum atomic E-state index is -4.79. The predicted molar refractivity (Wildman–Crippen MR) is 129 cm³/mol. The van der Waals surface area contributed by atoms with Gasteiger partial charge in [0.05, 0.1) is 12.6 Å². The lowest BCUT2D eigenvalue weighted by Gasteiger charge is -2.36. The molecular weight excluding hydrogens is 479 g/mol. The van der Waals surface area contributed by atoms with Crippen LogP contribution in [0.4, 0.5) is 18.9 Å². The van der Waals surface area contributed by atoms with Crippen molar-refractivity contribution >= 4 is 11.6 Å². The summed E-state index contributed by atoms with van der Waals surface area (Å²) in [5, 5.41) is 13.4. The number of hydrogen-bond donors (Lipinski definition) is 2. The molecule has 2 aliphatic rings.